The molecule has 3 N–H and O–H groups in total. The van der Waals surface area contributed by atoms with E-state index in [9.17, 15) is 19.5 Å². The molecule has 4 rings (SSSR count). The first-order valence-corrected chi connectivity index (χ1v) is 12.3. The predicted molar refractivity (Wildman–Crippen MR) is 138 cm³/mol. The van der Waals surface area contributed by atoms with E-state index in [0.29, 0.717) is 29.8 Å². The zero-order valence-corrected chi connectivity index (χ0v) is 20.4. The average Bonchev–Trinajstić information content (AvgIpc) is 3.24. The number of nitrogens with zero attached hydrogens (tertiary/aromatic N) is 1. The van der Waals surface area contributed by atoms with Crippen molar-refractivity contribution in [3.63, 3.8) is 0 Å². The van der Waals surface area contributed by atoms with Crippen LogP contribution in [-0.2, 0) is 20.9 Å². The summed E-state index contributed by atoms with van der Waals surface area (Å²) in [5.41, 5.74) is 10.4. The van der Waals surface area contributed by atoms with Crippen LogP contribution in [0.15, 0.2) is 78.9 Å². The molecule has 0 saturated heterocycles. The van der Waals surface area contributed by atoms with Crippen LogP contribution < -0.4 is 5.73 Å². The number of ether oxygens (including phenoxy) is 2. The third kappa shape index (κ3) is 5.98. The van der Waals surface area contributed by atoms with Crippen molar-refractivity contribution in [3.8, 4) is 11.1 Å². The van der Waals surface area contributed by atoms with Crippen LogP contribution in [0, 0.1) is 0 Å². The molecule has 0 aliphatic heterocycles. The number of nitrogens with two attached hydrogens (primary N) is 1. The van der Waals surface area contributed by atoms with Gasteiger partial charge in [-0.15, -0.1) is 0 Å². The SMILES string of the molecule is NCCCC[C@H](C(=O)O)N(C(=O)OCc1ccccc1)C(=O)OCC1c2ccccc2-c2ccccc21. The monoisotopic (exact) mass is 502 g/mol. The van der Waals surface area contributed by atoms with Crippen LogP contribution in [-0.4, -0.2) is 47.4 Å². The van der Waals surface area contributed by atoms with E-state index in [-0.39, 0.29) is 25.6 Å². The highest BCUT2D eigenvalue weighted by Crippen LogP contribution is 2.44. The standard InChI is InChI=1S/C29H30N2O6/c30-17-9-8-16-26(27(32)33)31(28(34)36-18-20-10-2-1-3-11-20)29(35)37-19-25-23-14-6-4-12-21(23)22-13-5-7-15-24(22)25/h1-7,10-15,25-26H,8-9,16-19,30H2,(H,32,33)/t26-/m1/s1. The van der Waals surface area contributed by atoms with Crippen LogP contribution in [0.3, 0.4) is 0 Å². The average molecular weight is 503 g/mol. The highest BCUT2D eigenvalue weighted by molar-refractivity contribution is 5.93. The summed E-state index contributed by atoms with van der Waals surface area (Å²) in [5.74, 6) is -1.55. The van der Waals surface area contributed by atoms with Crippen molar-refractivity contribution in [2.75, 3.05) is 13.2 Å². The van der Waals surface area contributed by atoms with Gasteiger partial charge in [0.2, 0.25) is 0 Å². The topological polar surface area (TPSA) is 119 Å². The number of carbonyl (C=O) groups excluding carboxylic acids is 2. The molecule has 0 heterocycles. The van der Waals surface area contributed by atoms with Crippen LogP contribution in [0.4, 0.5) is 9.59 Å². The minimum Gasteiger partial charge on any atom is -0.480 e. The minimum absolute atomic E-state index is 0.0389. The molecule has 0 saturated carbocycles. The summed E-state index contributed by atoms with van der Waals surface area (Å²) in [4.78, 5) is 39.0. The van der Waals surface area contributed by atoms with Crippen molar-refractivity contribution in [2.24, 2.45) is 5.73 Å². The molecule has 0 bridgehead atoms. The summed E-state index contributed by atoms with van der Waals surface area (Å²) in [6, 6.07) is 23.2. The van der Waals surface area contributed by atoms with E-state index in [0.717, 1.165) is 22.3 Å². The highest BCUT2D eigenvalue weighted by atomic mass is 16.6. The fourth-order valence-electron chi connectivity index (χ4n) is 4.63. The Kier molecular flexibility index (Phi) is 8.53. The van der Waals surface area contributed by atoms with Crippen LogP contribution in [0.1, 0.15) is 41.9 Å². The van der Waals surface area contributed by atoms with Crippen LogP contribution >= 0.6 is 0 Å². The fraction of sp³-hybridized carbons (Fsp3) is 0.276. The number of aliphatic carboxylic acids is 1. The summed E-state index contributed by atoms with van der Waals surface area (Å²) in [6.07, 6.45) is -1.10. The zero-order valence-electron chi connectivity index (χ0n) is 20.4. The van der Waals surface area contributed by atoms with Gasteiger partial charge in [-0.1, -0.05) is 78.9 Å². The molecule has 0 radical (unpaired) electrons. The molecule has 1 aliphatic rings. The quantitative estimate of drug-likeness (QED) is 0.368. The molecule has 1 aliphatic carbocycles. The number of rotatable bonds is 10. The molecule has 8 heteroatoms. The second kappa shape index (κ2) is 12.2. The van der Waals surface area contributed by atoms with Gasteiger partial charge in [0.25, 0.3) is 0 Å². The Morgan fingerprint density at radius 2 is 1.38 bits per heavy atom. The summed E-state index contributed by atoms with van der Waals surface area (Å²) in [7, 11) is 0. The van der Waals surface area contributed by atoms with E-state index in [1.165, 1.54) is 0 Å². The van der Waals surface area contributed by atoms with Gasteiger partial charge in [-0.25, -0.2) is 14.4 Å². The largest absolute Gasteiger partial charge is 0.480 e. The van der Waals surface area contributed by atoms with Crippen molar-refractivity contribution in [3.05, 3.63) is 95.6 Å². The summed E-state index contributed by atoms with van der Waals surface area (Å²) < 4.78 is 10.9. The number of carboxylic acids is 1. The van der Waals surface area contributed by atoms with E-state index in [4.69, 9.17) is 15.2 Å². The second-order valence-electron chi connectivity index (χ2n) is 8.85. The number of imide groups is 1. The Labute approximate surface area is 215 Å². The number of fused-ring (bicyclic) bond motifs is 3. The molecule has 0 unspecified atom stereocenters. The summed E-state index contributed by atoms with van der Waals surface area (Å²) in [6.45, 7) is 0.210. The van der Waals surface area contributed by atoms with Crippen molar-refractivity contribution >= 4 is 18.2 Å². The second-order valence-corrected chi connectivity index (χ2v) is 8.85. The lowest BCUT2D eigenvalue weighted by atomic mass is 9.98. The van der Waals surface area contributed by atoms with E-state index in [2.05, 4.69) is 0 Å². The maximum Gasteiger partial charge on any atom is 0.420 e. The van der Waals surface area contributed by atoms with E-state index in [1.54, 1.807) is 24.3 Å². The maximum atomic E-state index is 13.3. The Morgan fingerprint density at radius 3 is 1.97 bits per heavy atom. The summed E-state index contributed by atoms with van der Waals surface area (Å²) in [5, 5.41) is 9.88. The zero-order chi connectivity index (χ0) is 26.2. The van der Waals surface area contributed by atoms with Gasteiger partial charge in [0.15, 0.2) is 0 Å². The third-order valence-corrected chi connectivity index (χ3v) is 6.46. The molecular weight excluding hydrogens is 472 g/mol. The first-order chi connectivity index (χ1) is 18.0. The lowest BCUT2D eigenvalue weighted by Gasteiger charge is -2.26. The lowest BCUT2D eigenvalue weighted by Crippen LogP contribution is -2.49. The molecule has 37 heavy (non-hydrogen) atoms. The lowest BCUT2D eigenvalue weighted by molar-refractivity contribution is -0.142. The van der Waals surface area contributed by atoms with Crippen LogP contribution in [0.25, 0.3) is 11.1 Å². The molecule has 3 aromatic rings. The molecule has 8 nitrogen and oxygen atoms in total. The van der Waals surface area contributed by atoms with Crippen molar-refractivity contribution in [1.29, 1.82) is 0 Å². The van der Waals surface area contributed by atoms with E-state index < -0.39 is 24.2 Å². The number of amides is 2. The molecule has 0 aromatic heterocycles. The van der Waals surface area contributed by atoms with Crippen LogP contribution in [0.2, 0.25) is 0 Å². The Balaban J connectivity index is 1.53. The van der Waals surface area contributed by atoms with Gasteiger partial charge in [-0.05, 0) is 53.6 Å². The number of carbonyl (C=O) groups is 3. The number of unbranched alkanes of at least 4 members (excludes halogenated alkanes) is 1. The smallest absolute Gasteiger partial charge is 0.420 e. The van der Waals surface area contributed by atoms with Gasteiger partial charge < -0.3 is 20.3 Å². The Hall–Kier alpha value is -4.17. The van der Waals surface area contributed by atoms with Gasteiger partial charge in [0, 0.05) is 5.92 Å². The van der Waals surface area contributed by atoms with Gasteiger partial charge in [0.1, 0.15) is 19.3 Å². The molecule has 192 valence electrons. The molecule has 1 atom stereocenters. The van der Waals surface area contributed by atoms with E-state index in [1.807, 2.05) is 54.6 Å². The van der Waals surface area contributed by atoms with Gasteiger partial charge in [-0.3, -0.25) is 0 Å². The minimum atomic E-state index is -1.44. The first kappa shape index (κ1) is 25.9. The number of hydrogen-bond acceptors (Lipinski definition) is 6. The number of hydrogen-bond donors (Lipinski definition) is 2. The molecule has 0 fully saturated rings. The van der Waals surface area contributed by atoms with Crippen molar-refractivity contribution in [1.82, 2.24) is 4.90 Å². The molecular formula is C29H30N2O6. The Bertz CT molecular complexity index is 1200. The van der Waals surface area contributed by atoms with Gasteiger partial charge >= 0.3 is 18.2 Å². The van der Waals surface area contributed by atoms with Gasteiger partial charge in [-0.2, -0.15) is 4.90 Å². The van der Waals surface area contributed by atoms with Crippen LogP contribution in [0.5, 0.6) is 0 Å². The van der Waals surface area contributed by atoms with Crippen molar-refractivity contribution in [2.45, 2.75) is 37.8 Å². The van der Waals surface area contributed by atoms with Gasteiger partial charge in [0.05, 0.1) is 0 Å². The molecule has 3 aromatic carbocycles. The normalized spacial score (nSPS) is 12.8. The predicted octanol–water partition coefficient (Wildman–Crippen LogP) is 5.16. The highest BCUT2D eigenvalue weighted by Gasteiger charge is 2.38. The number of carboxylic acid groups (broad SMARTS) is 1. The number of benzene rings is 3. The first-order valence-electron chi connectivity index (χ1n) is 12.3. The third-order valence-electron chi connectivity index (χ3n) is 6.46. The van der Waals surface area contributed by atoms with E-state index >= 15 is 0 Å². The fourth-order valence-corrected chi connectivity index (χ4v) is 4.63. The Morgan fingerprint density at radius 1 is 0.811 bits per heavy atom. The molecule has 0 spiro atoms. The van der Waals surface area contributed by atoms with Crippen molar-refractivity contribution < 1.29 is 29.0 Å². The maximum absolute atomic E-state index is 13.3. The summed E-state index contributed by atoms with van der Waals surface area (Å²) >= 11 is 0. The molecule has 2 amide bonds.